The first-order chi connectivity index (χ1) is 10.3. The number of halogens is 5. The minimum absolute atomic E-state index is 0.0575. The minimum atomic E-state index is -4.66. The third-order valence-electron chi connectivity index (χ3n) is 3.07. The highest BCUT2D eigenvalue weighted by atomic mass is 35.5. The van der Waals surface area contributed by atoms with Crippen molar-refractivity contribution in [2.24, 2.45) is 5.73 Å². The van der Waals surface area contributed by atoms with Gasteiger partial charge in [-0.15, -0.1) is 0 Å². The Morgan fingerprint density at radius 3 is 2.41 bits per heavy atom. The molecule has 2 N–H and O–H groups in total. The molecule has 22 heavy (non-hydrogen) atoms. The monoisotopic (exact) mass is 328 g/mol. The highest BCUT2D eigenvalue weighted by Crippen LogP contribution is 2.37. The molecule has 0 unspecified atom stereocenters. The molecule has 7 heteroatoms. The Balaban J connectivity index is 2.76. The average molecular weight is 329 g/mol. The SMILES string of the molecule is N#Cc1cc(-c2c(Cl)ccc(CN)c2F)cc(C(F)(F)F)c1. The van der Waals surface area contributed by atoms with Gasteiger partial charge in [0.1, 0.15) is 5.82 Å². The molecule has 0 aromatic heterocycles. The summed E-state index contributed by atoms with van der Waals surface area (Å²) in [6.45, 7) is -0.125. The molecule has 0 amide bonds. The van der Waals surface area contributed by atoms with Crippen LogP contribution in [0.25, 0.3) is 11.1 Å². The third kappa shape index (κ3) is 3.06. The lowest BCUT2D eigenvalue weighted by molar-refractivity contribution is -0.137. The maximum absolute atomic E-state index is 14.4. The maximum atomic E-state index is 14.4. The average Bonchev–Trinajstić information content (AvgIpc) is 2.46. The second-order valence-electron chi connectivity index (χ2n) is 4.51. The van der Waals surface area contributed by atoms with Crippen molar-refractivity contribution >= 4 is 11.6 Å². The summed E-state index contributed by atoms with van der Waals surface area (Å²) >= 11 is 5.91. The van der Waals surface area contributed by atoms with Gasteiger partial charge in [0.2, 0.25) is 0 Å². The summed E-state index contributed by atoms with van der Waals surface area (Å²) in [4.78, 5) is 0. The molecule has 2 aromatic carbocycles. The lowest BCUT2D eigenvalue weighted by Crippen LogP contribution is -2.06. The maximum Gasteiger partial charge on any atom is 0.416 e. The van der Waals surface area contributed by atoms with Gasteiger partial charge in [-0.05, 0) is 29.8 Å². The molecule has 0 spiro atoms. The number of nitriles is 1. The van der Waals surface area contributed by atoms with Crippen molar-refractivity contribution in [1.29, 1.82) is 5.26 Å². The highest BCUT2D eigenvalue weighted by Gasteiger charge is 2.31. The Morgan fingerprint density at radius 2 is 1.86 bits per heavy atom. The minimum Gasteiger partial charge on any atom is -0.326 e. The van der Waals surface area contributed by atoms with Gasteiger partial charge in [0, 0.05) is 17.7 Å². The van der Waals surface area contributed by atoms with Crippen molar-refractivity contribution < 1.29 is 17.6 Å². The molecule has 0 saturated heterocycles. The van der Waals surface area contributed by atoms with Gasteiger partial charge in [0.15, 0.2) is 0 Å². The Kier molecular flexibility index (Phi) is 4.40. The van der Waals surface area contributed by atoms with Crippen molar-refractivity contribution in [3.8, 4) is 17.2 Å². The summed E-state index contributed by atoms with van der Waals surface area (Å²) in [7, 11) is 0. The first-order valence-electron chi connectivity index (χ1n) is 6.07. The van der Waals surface area contributed by atoms with E-state index in [0.29, 0.717) is 6.07 Å². The van der Waals surface area contributed by atoms with Crippen molar-refractivity contribution in [1.82, 2.24) is 0 Å². The molecule has 0 heterocycles. The number of nitrogens with two attached hydrogens (primary N) is 1. The molecule has 0 aliphatic carbocycles. The van der Waals surface area contributed by atoms with E-state index in [9.17, 15) is 17.6 Å². The predicted octanol–water partition coefficient (Wildman–Crippen LogP) is 4.50. The van der Waals surface area contributed by atoms with Crippen LogP contribution >= 0.6 is 11.6 Å². The summed E-state index contributed by atoms with van der Waals surface area (Å²) in [6.07, 6.45) is -4.66. The van der Waals surface area contributed by atoms with E-state index in [4.69, 9.17) is 22.6 Å². The van der Waals surface area contributed by atoms with E-state index in [0.717, 1.165) is 12.1 Å². The van der Waals surface area contributed by atoms with Crippen molar-refractivity contribution in [2.45, 2.75) is 12.7 Å². The van der Waals surface area contributed by atoms with Crippen LogP contribution in [-0.2, 0) is 12.7 Å². The zero-order valence-corrected chi connectivity index (χ0v) is 11.8. The van der Waals surface area contributed by atoms with Crippen LogP contribution in [0, 0.1) is 17.1 Å². The van der Waals surface area contributed by atoms with Gasteiger partial charge in [-0.1, -0.05) is 17.7 Å². The number of benzene rings is 2. The molecule has 0 radical (unpaired) electrons. The van der Waals surface area contributed by atoms with E-state index in [1.165, 1.54) is 12.1 Å². The predicted molar refractivity (Wildman–Crippen MR) is 74.5 cm³/mol. The Bertz CT molecular complexity index is 763. The smallest absolute Gasteiger partial charge is 0.326 e. The number of rotatable bonds is 2. The molecule has 0 atom stereocenters. The molecule has 2 aromatic rings. The van der Waals surface area contributed by atoms with Crippen LogP contribution in [-0.4, -0.2) is 0 Å². The summed E-state index contributed by atoms with van der Waals surface area (Å²) in [5.41, 5.74) is 3.90. The summed E-state index contributed by atoms with van der Waals surface area (Å²) < 4.78 is 53.0. The van der Waals surface area contributed by atoms with Gasteiger partial charge in [-0.3, -0.25) is 0 Å². The molecule has 0 saturated carbocycles. The summed E-state index contributed by atoms with van der Waals surface area (Å²) in [5, 5.41) is 8.82. The van der Waals surface area contributed by atoms with E-state index in [2.05, 4.69) is 0 Å². The molecular formula is C15H9ClF4N2. The molecule has 0 bridgehead atoms. The van der Waals surface area contributed by atoms with Crippen LogP contribution < -0.4 is 5.73 Å². The largest absolute Gasteiger partial charge is 0.416 e. The van der Waals surface area contributed by atoms with Crippen LogP contribution in [0.5, 0.6) is 0 Å². The second kappa shape index (κ2) is 5.95. The van der Waals surface area contributed by atoms with Crippen LogP contribution in [0.4, 0.5) is 17.6 Å². The number of hydrogen-bond acceptors (Lipinski definition) is 2. The highest BCUT2D eigenvalue weighted by molar-refractivity contribution is 6.33. The van der Waals surface area contributed by atoms with E-state index in [1.54, 1.807) is 6.07 Å². The third-order valence-corrected chi connectivity index (χ3v) is 3.38. The summed E-state index contributed by atoms with van der Waals surface area (Å²) in [5.74, 6) is -0.793. The molecule has 0 aliphatic rings. The fourth-order valence-electron chi connectivity index (χ4n) is 2.02. The standard InChI is InChI=1S/C15H9ClF4N2/c16-12-2-1-9(7-22)14(17)13(12)10-3-8(6-21)4-11(5-10)15(18,19)20/h1-5H,7,22H2. The van der Waals surface area contributed by atoms with Crippen LogP contribution in [0.3, 0.4) is 0 Å². The Hall–Kier alpha value is -2.10. The van der Waals surface area contributed by atoms with Gasteiger partial charge in [-0.2, -0.15) is 18.4 Å². The Labute approximate surface area is 128 Å². The lowest BCUT2D eigenvalue weighted by atomic mass is 9.97. The van der Waals surface area contributed by atoms with Gasteiger partial charge in [-0.25, -0.2) is 4.39 Å². The quantitative estimate of drug-likeness (QED) is 0.825. The van der Waals surface area contributed by atoms with E-state index < -0.39 is 17.6 Å². The van der Waals surface area contributed by atoms with Gasteiger partial charge in [0.25, 0.3) is 0 Å². The van der Waals surface area contributed by atoms with Gasteiger partial charge in [0.05, 0.1) is 22.2 Å². The number of nitrogens with zero attached hydrogens (tertiary/aromatic N) is 1. The fraction of sp³-hybridized carbons (Fsp3) is 0.133. The molecule has 114 valence electrons. The first kappa shape index (κ1) is 16.3. The van der Waals surface area contributed by atoms with Crippen LogP contribution in [0.15, 0.2) is 30.3 Å². The van der Waals surface area contributed by atoms with Crippen molar-refractivity contribution in [2.75, 3.05) is 0 Å². The lowest BCUT2D eigenvalue weighted by Gasteiger charge is -2.13. The zero-order chi connectivity index (χ0) is 16.5. The molecule has 0 fully saturated rings. The molecule has 0 aliphatic heterocycles. The van der Waals surface area contributed by atoms with Crippen LogP contribution in [0.2, 0.25) is 5.02 Å². The fourth-order valence-corrected chi connectivity index (χ4v) is 2.27. The number of alkyl halides is 3. The molecule has 2 nitrogen and oxygen atoms in total. The van der Waals surface area contributed by atoms with E-state index in [1.807, 2.05) is 0 Å². The molecule has 2 rings (SSSR count). The molecular weight excluding hydrogens is 320 g/mol. The van der Waals surface area contributed by atoms with Crippen molar-refractivity contribution in [3.05, 3.63) is 57.9 Å². The van der Waals surface area contributed by atoms with Gasteiger partial charge < -0.3 is 5.73 Å². The van der Waals surface area contributed by atoms with E-state index in [-0.39, 0.29) is 33.8 Å². The topological polar surface area (TPSA) is 49.8 Å². The Morgan fingerprint density at radius 1 is 1.18 bits per heavy atom. The van der Waals surface area contributed by atoms with E-state index >= 15 is 0 Å². The van der Waals surface area contributed by atoms with Crippen LogP contribution in [0.1, 0.15) is 16.7 Å². The first-order valence-corrected chi connectivity index (χ1v) is 6.45. The second-order valence-corrected chi connectivity index (χ2v) is 4.92. The number of hydrogen-bond donors (Lipinski definition) is 1. The zero-order valence-electron chi connectivity index (χ0n) is 11.0. The normalized spacial score (nSPS) is 11.3. The van der Waals surface area contributed by atoms with Crippen molar-refractivity contribution in [3.63, 3.8) is 0 Å². The van der Waals surface area contributed by atoms with Gasteiger partial charge >= 0.3 is 6.18 Å². The summed E-state index contributed by atoms with van der Waals surface area (Å²) in [6, 6.07) is 6.95.